The van der Waals surface area contributed by atoms with E-state index in [2.05, 4.69) is 18.8 Å². The number of halogens is 1. The molecule has 3 N–H and O–H groups in total. The van der Waals surface area contributed by atoms with Gasteiger partial charge in [-0.15, -0.1) is 6.58 Å². The van der Waals surface area contributed by atoms with Crippen LogP contribution in [-0.4, -0.2) is 4.98 Å². The highest BCUT2D eigenvalue weighted by atomic mass is 35.5. The van der Waals surface area contributed by atoms with E-state index in [-0.39, 0.29) is 0 Å². The molecule has 1 aromatic carbocycles. The average Bonchev–Trinajstić information content (AvgIpc) is 2.79. The summed E-state index contributed by atoms with van der Waals surface area (Å²) in [6.07, 6.45) is 2.70. The number of benzene rings is 1. The normalized spacial score (nSPS) is 10.9. The molecule has 0 radical (unpaired) electrons. The molecule has 0 saturated carbocycles. The number of pyridine rings is 1. The van der Waals surface area contributed by atoms with Crippen molar-refractivity contribution in [3.8, 4) is 0 Å². The van der Waals surface area contributed by atoms with Crippen LogP contribution in [-0.2, 0) is 6.42 Å². The Morgan fingerprint density at radius 3 is 2.87 bits per heavy atom. The van der Waals surface area contributed by atoms with Crippen LogP contribution in [0.3, 0.4) is 0 Å². The fourth-order valence-electron chi connectivity index (χ4n) is 2.75. The molecule has 0 atom stereocenters. The Bertz CT molecular complexity index is 899. The number of nitrogens with two attached hydrogens (primary N) is 1. The summed E-state index contributed by atoms with van der Waals surface area (Å²) in [5, 5.41) is 5.96. The van der Waals surface area contributed by atoms with Crippen LogP contribution in [0.25, 0.3) is 10.2 Å². The van der Waals surface area contributed by atoms with E-state index in [1.165, 1.54) is 11.1 Å². The van der Waals surface area contributed by atoms with Crippen LogP contribution in [0, 0.1) is 13.8 Å². The molecule has 0 spiro atoms. The van der Waals surface area contributed by atoms with Crippen molar-refractivity contribution >= 4 is 49.5 Å². The Balaban J connectivity index is 2.11. The van der Waals surface area contributed by atoms with Crippen LogP contribution >= 0.6 is 22.9 Å². The van der Waals surface area contributed by atoms with Gasteiger partial charge >= 0.3 is 0 Å². The summed E-state index contributed by atoms with van der Waals surface area (Å²) in [6.45, 7) is 7.96. The lowest BCUT2D eigenvalue weighted by atomic mass is 10.0. The summed E-state index contributed by atoms with van der Waals surface area (Å²) >= 11 is 7.61. The molecule has 3 rings (SSSR count). The minimum atomic E-state index is 0.688. The van der Waals surface area contributed by atoms with Gasteiger partial charge in [0.1, 0.15) is 9.83 Å². The minimum Gasteiger partial charge on any atom is -0.396 e. The molecule has 3 nitrogen and oxygen atoms in total. The van der Waals surface area contributed by atoms with E-state index in [4.69, 9.17) is 22.3 Å². The summed E-state index contributed by atoms with van der Waals surface area (Å²) in [5.74, 6) is 0. The molecular weight excluding hydrogens is 326 g/mol. The number of aromatic nitrogens is 1. The van der Waals surface area contributed by atoms with E-state index in [1.807, 2.05) is 37.3 Å². The molecule has 2 aromatic heterocycles. The third-order valence-electron chi connectivity index (χ3n) is 3.89. The van der Waals surface area contributed by atoms with Crippen molar-refractivity contribution in [2.75, 3.05) is 11.1 Å². The van der Waals surface area contributed by atoms with Gasteiger partial charge in [0.05, 0.1) is 5.69 Å². The Kier molecular flexibility index (Phi) is 4.28. The van der Waals surface area contributed by atoms with E-state index >= 15 is 0 Å². The maximum Gasteiger partial charge on any atom is 0.127 e. The molecular formula is C18H18ClN3S. The van der Waals surface area contributed by atoms with Crippen molar-refractivity contribution in [2.45, 2.75) is 20.3 Å². The van der Waals surface area contributed by atoms with Crippen molar-refractivity contribution in [1.29, 1.82) is 0 Å². The van der Waals surface area contributed by atoms with Crippen molar-refractivity contribution in [3.63, 3.8) is 0 Å². The zero-order chi connectivity index (χ0) is 16.6. The first-order valence-electron chi connectivity index (χ1n) is 7.32. The number of nitrogens with one attached hydrogen (secondary N) is 1. The SMILES string of the molecule is C=CCc1c(C)nc2sc(Nc3cccc(Cl)c3)c(N)c2c1C. The second-order valence-electron chi connectivity index (χ2n) is 5.45. The molecule has 0 aliphatic rings. The highest BCUT2D eigenvalue weighted by molar-refractivity contribution is 7.23. The van der Waals surface area contributed by atoms with Gasteiger partial charge < -0.3 is 11.1 Å². The minimum absolute atomic E-state index is 0.688. The van der Waals surface area contributed by atoms with E-state index in [0.717, 1.165) is 38.7 Å². The van der Waals surface area contributed by atoms with Gasteiger partial charge in [-0.05, 0) is 49.6 Å². The van der Waals surface area contributed by atoms with Crippen molar-refractivity contribution in [1.82, 2.24) is 4.98 Å². The predicted octanol–water partition coefficient (Wildman–Crippen LogP) is 5.62. The van der Waals surface area contributed by atoms with Crippen LogP contribution in [0.2, 0.25) is 5.02 Å². The summed E-state index contributed by atoms with van der Waals surface area (Å²) in [4.78, 5) is 5.67. The first-order chi connectivity index (χ1) is 11.0. The maximum atomic E-state index is 6.39. The Morgan fingerprint density at radius 1 is 1.39 bits per heavy atom. The van der Waals surface area contributed by atoms with Crippen LogP contribution in [0.4, 0.5) is 16.4 Å². The first kappa shape index (κ1) is 15.8. The zero-order valence-electron chi connectivity index (χ0n) is 13.1. The van der Waals surface area contributed by atoms with Crippen LogP contribution in [0.1, 0.15) is 16.8 Å². The Labute approximate surface area is 144 Å². The molecule has 23 heavy (non-hydrogen) atoms. The van der Waals surface area contributed by atoms with Crippen molar-refractivity contribution < 1.29 is 0 Å². The highest BCUT2D eigenvalue weighted by Gasteiger charge is 2.16. The summed E-state index contributed by atoms with van der Waals surface area (Å²) in [5.41, 5.74) is 11.5. The predicted molar refractivity (Wildman–Crippen MR) is 102 cm³/mol. The molecule has 118 valence electrons. The number of anilines is 3. The summed E-state index contributed by atoms with van der Waals surface area (Å²) in [7, 11) is 0. The number of aryl methyl sites for hydroxylation is 2. The number of rotatable bonds is 4. The lowest BCUT2D eigenvalue weighted by molar-refractivity contribution is 1.12. The van der Waals surface area contributed by atoms with Gasteiger partial charge in [0.2, 0.25) is 0 Å². The number of thiophene rings is 1. The fourth-order valence-corrected chi connectivity index (χ4v) is 4.06. The van der Waals surface area contributed by atoms with Gasteiger partial charge in [-0.25, -0.2) is 4.98 Å². The van der Waals surface area contributed by atoms with E-state index < -0.39 is 0 Å². The van der Waals surface area contributed by atoms with Gasteiger partial charge in [0.25, 0.3) is 0 Å². The summed E-state index contributed by atoms with van der Waals surface area (Å²) in [6, 6.07) is 7.59. The molecule has 5 heteroatoms. The summed E-state index contributed by atoms with van der Waals surface area (Å²) < 4.78 is 0. The monoisotopic (exact) mass is 343 g/mol. The van der Waals surface area contributed by atoms with E-state index in [0.29, 0.717) is 5.02 Å². The number of allylic oxidation sites excluding steroid dienone is 1. The molecule has 0 saturated heterocycles. The number of nitrogens with zero attached hydrogens (tertiary/aromatic N) is 1. The van der Waals surface area contributed by atoms with Crippen LogP contribution < -0.4 is 11.1 Å². The van der Waals surface area contributed by atoms with Crippen LogP contribution in [0.15, 0.2) is 36.9 Å². The zero-order valence-corrected chi connectivity index (χ0v) is 14.7. The van der Waals surface area contributed by atoms with Gasteiger partial charge in [0, 0.05) is 21.8 Å². The Hall–Kier alpha value is -2.04. The smallest absolute Gasteiger partial charge is 0.127 e. The lowest BCUT2D eigenvalue weighted by Gasteiger charge is -2.09. The number of hydrogen-bond acceptors (Lipinski definition) is 4. The molecule has 3 aromatic rings. The molecule has 2 heterocycles. The van der Waals surface area contributed by atoms with Gasteiger partial charge in [0.15, 0.2) is 0 Å². The third kappa shape index (κ3) is 2.92. The quantitative estimate of drug-likeness (QED) is 0.604. The standard InChI is InChI=1S/C18H18ClN3S/c1-4-6-14-10(2)15-16(20)18(23-17(15)21-11(14)3)22-13-8-5-7-12(19)9-13/h4-5,7-9,22H,1,6,20H2,2-3H3. The first-order valence-corrected chi connectivity index (χ1v) is 8.52. The topological polar surface area (TPSA) is 50.9 Å². The van der Waals surface area contributed by atoms with E-state index in [1.54, 1.807) is 11.3 Å². The fraction of sp³-hybridized carbons (Fsp3) is 0.167. The second kappa shape index (κ2) is 6.22. The van der Waals surface area contributed by atoms with E-state index in [9.17, 15) is 0 Å². The third-order valence-corrected chi connectivity index (χ3v) is 5.14. The van der Waals surface area contributed by atoms with Gasteiger partial charge in [-0.1, -0.05) is 35.1 Å². The molecule has 0 bridgehead atoms. The molecule has 0 fully saturated rings. The number of nitrogen functional groups attached to an aromatic ring is 1. The second-order valence-corrected chi connectivity index (χ2v) is 6.89. The highest BCUT2D eigenvalue weighted by Crippen LogP contribution is 2.41. The average molecular weight is 344 g/mol. The largest absolute Gasteiger partial charge is 0.396 e. The molecule has 0 unspecified atom stereocenters. The molecule has 0 aliphatic carbocycles. The van der Waals surface area contributed by atoms with Crippen molar-refractivity contribution in [3.05, 3.63) is 58.8 Å². The molecule has 0 amide bonds. The number of hydrogen-bond donors (Lipinski definition) is 2. The van der Waals surface area contributed by atoms with Crippen LogP contribution in [0.5, 0.6) is 0 Å². The molecule has 0 aliphatic heterocycles. The maximum absolute atomic E-state index is 6.39. The number of fused-ring (bicyclic) bond motifs is 1. The van der Waals surface area contributed by atoms with Gasteiger partial charge in [-0.3, -0.25) is 0 Å². The van der Waals surface area contributed by atoms with Crippen molar-refractivity contribution in [2.24, 2.45) is 0 Å². The van der Waals surface area contributed by atoms with Gasteiger partial charge in [-0.2, -0.15) is 0 Å². The lowest BCUT2D eigenvalue weighted by Crippen LogP contribution is -1.98. The Morgan fingerprint density at radius 2 is 2.17 bits per heavy atom.